The zero-order chi connectivity index (χ0) is 13.8. The van der Waals surface area contributed by atoms with E-state index in [4.69, 9.17) is 5.73 Å². The van der Waals surface area contributed by atoms with Gasteiger partial charge >= 0.3 is 0 Å². The summed E-state index contributed by atoms with van der Waals surface area (Å²) in [6.07, 6.45) is 3.69. The predicted octanol–water partition coefficient (Wildman–Crippen LogP) is 2.05. The summed E-state index contributed by atoms with van der Waals surface area (Å²) in [6.45, 7) is 0. The van der Waals surface area contributed by atoms with Crippen molar-refractivity contribution in [1.29, 1.82) is 0 Å². The summed E-state index contributed by atoms with van der Waals surface area (Å²) in [5.74, 6) is -0.347. The van der Waals surface area contributed by atoms with Crippen molar-refractivity contribution in [2.75, 3.05) is 5.32 Å². The Labute approximate surface area is 111 Å². The number of carbonyl (C=O) groups excluding carboxylic acids is 1. The maximum absolute atomic E-state index is 12.1. The molecule has 2 atom stereocenters. The first-order valence-corrected chi connectivity index (χ1v) is 6.39. The number of benzene rings is 1. The minimum Gasteiger partial charge on any atom is -0.327 e. The fourth-order valence-electron chi connectivity index (χ4n) is 2.42. The summed E-state index contributed by atoms with van der Waals surface area (Å²) in [4.78, 5) is 22.3. The Balaban J connectivity index is 2.06. The molecule has 0 aromatic heterocycles. The highest BCUT2D eigenvalue weighted by molar-refractivity contribution is 5.93. The molecular weight excluding hydrogens is 246 g/mol. The number of hydrogen-bond acceptors (Lipinski definition) is 4. The molecule has 1 saturated carbocycles. The van der Waals surface area contributed by atoms with Gasteiger partial charge in [-0.05, 0) is 18.9 Å². The third-order valence-electron chi connectivity index (χ3n) is 3.48. The SMILES string of the molecule is NC1CCCCC1C(=O)Nc1cccc([N+](=O)[O-])c1. The maximum Gasteiger partial charge on any atom is 0.271 e. The van der Waals surface area contributed by atoms with Crippen molar-refractivity contribution in [3.05, 3.63) is 34.4 Å². The van der Waals surface area contributed by atoms with Crippen LogP contribution in [0.25, 0.3) is 0 Å². The van der Waals surface area contributed by atoms with Gasteiger partial charge in [0.15, 0.2) is 0 Å². The molecule has 0 saturated heterocycles. The lowest BCUT2D eigenvalue weighted by atomic mass is 9.84. The second-order valence-electron chi connectivity index (χ2n) is 4.85. The van der Waals surface area contributed by atoms with Gasteiger partial charge < -0.3 is 11.1 Å². The normalized spacial score (nSPS) is 22.8. The predicted molar refractivity (Wildman–Crippen MR) is 71.7 cm³/mol. The molecular formula is C13H17N3O3. The van der Waals surface area contributed by atoms with Gasteiger partial charge in [0.2, 0.25) is 5.91 Å². The number of carbonyl (C=O) groups is 1. The van der Waals surface area contributed by atoms with E-state index in [0.29, 0.717) is 5.69 Å². The lowest BCUT2D eigenvalue weighted by Gasteiger charge is -2.27. The number of hydrogen-bond donors (Lipinski definition) is 2. The molecule has 1 aliphatic rings. The number of amides is 1. The van der Waals surface area contributed by atoms with Crippen molar-refractivity contribution >= 4 is 17.3 Å². The summed E-state index contributed by atoms with van der Waals surface area (Å²) in [5, 5.41) is 13.4. The van der Waals surface area contributed by atoms with Crippen molar-refractivity contribution in [2.24, 2.45) is 11.7 Å². The molecule has 2 rings (SSSR count). The number of nitrogens with two attached hydrogens (primary N) is 1. The van der Waals surface area contributed by atoms with Crippen molar-refractivity contribution in [3.63, 3.8) is 0 Å². The fourth-order valence-corrected chi connectivity index (χ4v) is 2.42. The second-order valence-corrected chi connectivity index (χ2v) is 4.85. The van der Waals surface area contributed by atoms with E-state index in [1.54, 1.807) is 12.1 Å². The van der Waals surface area contributed by atoms with Crippen LogP contribution in [0.3, 0.4) is 0 Å². The Morgan fingerprint density at radius 3 is 2.79 bits per heavy atom. The first kappa shape index (κ1) is 13.5. The van der Waals surface area contributed by atoms with Crippen LogP contribution in [0.15, 0.2) is 24.3 Å². The van der Waals surface area contributed by atoms with Gasteiger partial charge in [-0.3, -0.25) is 14.9 Å². The number of rotatable bonds is 3. The van der Waals surface area contributed by atoms with Crippen LogP contribution in [0.2, 0.25) is 0 Å². The molecule has 1 aromatic rings. The summed E-state index contributed by atoms with van der Waals surface area (Å²) in [7, 11) is 0. The van der Waals surface area contributed by atoms with Crippen molar-refractivity contribution in [2.45, 2.75) is 31.7 Å². The van der Waals surface area contributed by atoms with Crippen LogP contribution in [0.1, 0.15) is 25.7 Å². The molecule has 1 aromatic carbocycles. The van der Waals surface area contributed by atoms with Gasteiger partial charge in [-0.25, -0.2) is 0 Å². The summed E-state index contributed by atoms with van der Waals surface area (Å²) < 4.78 is 0. The first-order valence-electron chi connectivity index (χ1n) is 6.39. The number of non-ortho nitro benzene ring substituents is 1. The van der Waals surface area contributed by atoms with Gasteiger partial charge in [-0.15, -0.1) is 0 Å². The summed E-state index contributed by atoms with van der Waals surface area (Å²) >= 11 is 0. The molecule has 0 bridgehead atoms. The van der Waals surface area contributed by atoms with Crippen LogP contribution in [0, 0.1) is 16.0 Å². The van der Waals surface area contributed by atoms with Crippen molar-refractivity contribution in [3.8, 4) is 0 Å². The number of anilines is 1. The highest BCUT2D eigenvalue weighted by Gasteiger charge is 2.28. The molecule has 6 heteroatoms. The third-order valence-corrected chi connectivity index (χ3v) is 3.48. The van der Waals surface area contributed by atoms with Gasteiger partial charge in [-0.2, -0.15) is 0 Å². The standard InChI is InChI=1S/C13H17N3O3/c14-12-7-2-1-6-11(12)13(17)15-9-4-3-5-10(8-9)16(18)19/h3-5,8,11-12H,1-2,6-7,14H2,(H,15,17). The first-order chi connectivity index (χ1) is 9.08. The molecule has 0 radical (unpaired) electrons. The summed E-state index contributed by atoms with van der Waals surface area (Å²) in [5.41, 5.74) is 6.35. The largest absolute Gasteiger partial charge is 0.327 e. The van der Waals surface area contributed by atoms with Crippen LogP contribution in [-0.4, -0.2) is 16.9 Å². The zero-order valence-electron chi connectivity index (χ0n) is 10.5. The van der Waals surface area contributed by atoms with E-state index in [-0.39, 0.29) is 23.6 Å². The van der Waals surface area contributed by atoms with Gasteiger partial charge in [-0.1, -0.05) is 18.9 Å². The monoisotopic (exact) mass is 263 g/mol. The molecule has 19 heavy (non-hydrogen) atoms. The molecule has 6 nitrogen and oxygen atoms in total. The topological polar surface area (TPSA) is 98.3 Å². The van der Waals surface area contributed by atoms with Gasteiger partial charge in [0.05, 0.1) is 10.8 Å². The van der Waals surface area contributed by atoms with Crippen LogP contribution >= 0.6 is 0 Å². The van der Waals surface area contributed by atoms with Gasteiger partial charge in [0.1, 0.15) is 0 Å². The van der Waals surface area contributed by atoms with E-state index >= 15 is 0 Å². The summed E-state index contributed by atoms with van der Waals surface area (Å²) in [6, 6.07) is 5.81. The minimum atomic E-state index is -0.484. The fraction of sp³-hybridized carbons (Fsp3) is 0.462. The molecule has 0 aliphatic heterocycles. The van der Waals surface area contributed by atoms with Crippen molar-refractivity contribution in [1.82, 2.24) is 0 Å². The lowest BCUT2D eigenvalue weighted by molar-refractivity contribution is -0.384. The van der Waals surface area contributed by atoms with E-state index in [0.717, 1.165) is 25.7 Å². The highest BCUT2D eigenvalue weighted by atomic mass is 16.6. The van der Waals surface area contributed by atoms with E-state index in [2.05, 4.69) is 5.32 Å². The zero-order valence-corrected chi connectivity index (χ0v) is 10.5. The highest BCUT2D eigenvalue weighted by Crippen LogP contribution is 2.25. The Kier molecular flexibility index (Phi) is 4.11. The minimum absolute atomic E-state index is 0.0363. The number of nitrogens with zero attached hydrogens (tertiary/aromatic N) is 1. The Morgan fingerprint density at radius 1 is 1.37 bits per heavy atom. The molecule has 2 unspecified atom stereocenters. The van der Waals surface area contributed by atoms with Gasteiger partial charge in [0, 0.05) is 23.9 Å². The van der Waals surface area contributed by atoms with Crippen LogP contribution in [-0.2, 0) is 4.79 Å². The van der Waals surface area contributed by atoms with Crippen LogP contribution in [0.4, 0.5) is 11.4 Å². The van der Waals surface area contributed by atoms with E-state index in [1.165, 1.54) is 12.1 Å². The van der Waals surface area contributed by atoms with E-state index < -0.39 is 4.92 Å². The average Bonchev–Trinajstić information content (AvgIpc) is 2.39. The lowest BCUT2D eigenvalue weighted by Crippen LogP contribution is -2.40. The quantitative estimate of drug-likeness (QED) is 0.644. The van der Waals surface area contributed by atoms with Gasteiger partial charge in [0.25, 0.3) is 5.69 Å². The Hall–Kier alpha value is -1.95. The number of nitrogens with one attached hydrogen (secondary N) is 1. The maximum atomic E-state index is 12.1. The molecule has 102 valence electrons. The molecule has 0 heterocycles. The van der Waals surface area contributed by atoms with Crippen molar-refractivity contribution < 1.29 is 9.72 Å². The molecule has 1 aliphatic carbocycles. The number of nitro groups is 1. The smallest absolute Gasteiger partial charge is 0.271 e. The van der Waals surface area contributed by atoms with E-state index in [1.807, 2.05) is 0 Å². The number of nitro benzene ring substituents is 1. The molecule has 3 N–H and O–H groups in total. The van der Waals surface area contributed by atoms with E-state index in [9.17, 15) is 14.9 Å². The Bertz CT molecular complexity index is 490. The molecule has 1 fully saturated rings. The Morgan fingerprint density at radius 2 is 2.11 bits per heavy atom. The molecule has 0 spiro atoms. The average molecular weight is 263 g/mol. The third kappa shape index (κ3) is 3.29. The molecule has 1 amide bonds. The van der Waals surface area contributed by atoms with Crippen LogP contribution < -0.4 is 11.1 Å². The second kappa shape index (κ2) is 5.79. The van der Waals surface area contributed by atoms with Crippen LogP contribution in [0.5, 0.6) is 0 Å².